The highest BCUT2D eigenvalue weighted by molar-refractivity contribution is 7.89. The monoisotopic (exact) mass is 441 g/mol. The molecule has 0 N–H and O–H groups in total. The van der Waals surface area contributed by atoms with Crippen LogP contribution in [0.2, 0.25) is 0 Å². The highest BCUT2D eigenvalue weighted by Crippen LogP contribution is 2.30. The van der Waals surface area contributed by atoms with Gasteiger partial charge in [0.15, 0.2) is 5.82 Å². The van der Waals surface area contributed by atoms with Crippen LogP contribution in [-0.2, 0) is 10.0 Å². The number of aryl methyl sites for hydroxylation is 1. The molecule has 0 radical (unpaired) electrons. The first-order chi connectivity index (χ1) is 14.9. The predicted octanol–water partition coefficient (Wildman–Crippen LogP) is 2.79. The Morgan fingerprint density at radius 2 is 1.71 bits per heavy atom. The van der Waals surface area contributed by atoms with Crippen LogP contribution in [-0.4, -0.2) is 60.3 Å². The molecule has 31 heavy (non-hydrogen) atoms. The molecule has 0 saturated carbocycles. The second-order valence-electron chi connectivity index (χ2n) is 7.39. The molecule has 3 heterocycles. The van der Waals surface area contributed by atoms with Crippen LogP contribution in [0.5, 0.6) is 5.75 Å². The summed E-state index contributed by atoms with van der Waals surface area (Å²) in [6, 6.07) is 12.5. The number of hydrogen-bond acceptors (Lipinski definition) is 6. The lowest BCUT2D eigenvalue weighted by molar-refractivity contribution is 0.327. The Morgan fingerprint density at radius 1 is 1.00 bits per heavy atom. The zero-order valence-corrected chi connectivity index (χ0v) is 18.8. The summed E-state index contributed by atoms with van der Waals surface area (Å²) in [4.78, 5) is 6.82. The lowest BCUT2D eigenvalue weighted by Gasteiger charge is -2.35. The summed E-state index contributed by atoms with van der Waals surface area (Å²) < 4.78 is 35.4. The Hall–Kier alpha value is -2.91. The molecule has 0 bridgehead atoms. The number of anilines is 1. The third-order valence-corrected chi connectivity index (χ3v) is 7.38. The molecule has 9 heteroatoms. The summed E-state index contributed by atoms with van der Waals surface area (Å²) in [7, 11) is -3.63. The third-order valence-electron chi connectivity index (χ3n) is 5.44. The number of rotatable bonds is 6. The molecule has 1 aliphatic rings. The lowest BCUT2D eigenvalue weighted by Crippen LogP contribution is -2.49. The van der Waals surface area contributed by atoms with Crippen molar-refractivity contribution < 1.29 is 13.2 Å². The van der Waals surface area contributed by atoms with Crippen LogP contribution in [0.3, 0.4) is 0 Å². The first kappa shape index (κ1) is 21.3. The Morgan fingerprint density at radius 3 is 2.39 bits per heavy atom. The third kappa shape index (κ3) is 4.03. The Balaban J connectivity index is 1.54. The lowest BCUT2D eigenvalue weighted by atomic mass is 10.2. The van der Waals surface area contributed by atoms with Gasteiger partial charge in [-0.1, -0.05) is 18.2 Å². The van der Waals surface area contributed by atoms with E-state index in [1.165, 1.54) is 4.31 Å². The first-order valence-corrected chi connectivity index (χ1v) is 11.8. The normalized spacial score (nSPS) is 15.3. The molecule has 4 rings (SSSR count). The van der Waals surface area contributed by atoms with Gasteiger partial charge >= 0.3 is 0 Å². The molecule has 0 unspecified atom stereocenters. The van der Waals surface area contributed by atoms with Crippen molar-refractivity contribution in [3.63, 3.8) is 0 Å². The van der Waals surface area contributed by atoms with Crippen LogP contribution < -0.4 is 9.64 Å². The molecule has 0 atom stereocenters. The van der Waals surface area contributed by atoms with Crippen LogP contribution in [0.4, 0.5) is 5.69 Å². The zero-order chi connectivity index (χ0) is 22.0. The number of pyridine rings is 1. The average Bonchev–Trinajstić information content (AvgIpc) is 3.09. The number of aromatic nitrogens is 3. The van der Waals surface area contributed by atoms with Gasteiger partial charge in [0, 0.05) is 32.4 Å². The van der Waals surface area contributed by atoms with E-state index in [1.54, 1.807) is 30.5 Å². The summed E-state index contributed by atoms with van der Waals surface area (Å²) in [5.74, 6) is 1.17. The van der Waals surface area contributed by atoms with E-state index in [0.717, 1.165) is 22.9 Å². The van der Waals surface area contributed by atoms with Gasteiger partial charge in [-0.25, -0.2) is 18.1 Å². The van der Waals surface area contributed by atoms with Crippen molar-refractivity contribution in [2.24, 2.45) is 0 Å². The van der Waals surface area contributed by atoms with E-state index in [-0.39, 0.29) is 4.90 Å². The van der Waals surface area contributed by atoms with Gasteiger partial charge in [0.1, 0.15) is 10.6 Å². The minimum Gasteiger partial charge on any atom is -0.492 e. The van der Waals surface area contributed by atoms with Crippen LogP contribution in [0.1, 0.15) is 18.3 Å². The van der Waals surface area contributed by atoms with Gasteiger partial charge in [0.2, 0.25) is 10.0 Å². The molecule has 2 aromatic heterocycles. The number of para-hydroxylation sites is 1. The minimum absolute atomic E-state index is 0.223. The number of sulfonamides is 1. The van der Waals surface area contributed by atoms with Gasteiger partial charge in [-0.05, 0) is 45.0 Å². The van der Waals surface area contributed by atoms with Crippen molar-refractivity contribution in [1.29, 1.82) is 0 Å². The predicted molar refractivity (Wildman–Crippen MR) is 119 cm³/mol. The summed E-state index contributed by atoms with van der Waals surface area (Å²) >= 11 is 0. The molecule has 3 aromatic rings. The Labute approximate surface area is 183 Å². The molecular formula is C22H27N5O3S. The highest BCUT2D eigenvalue weighted by Gasteiger charge is 2.32. The van der Waals surface area contributed by atoms with E-state index in [2.05, 4.69) is 15.0 Å². The quantitative estimate of drug-likeness (QED) is 0.585. The summed E-state index contributed by atoms with van der Waals surface area (Å²) in [5, 5.41) is 4.67. The molecule has 0 amide bonds. The average molecular weight is 442 g/mol. The van der Waals surface area contributed by atoms with E-state index < -0.39 is 10.0 Å². The van der Waals surface area contributed by atoms with E-state index in [4.69, 9.17) is 4.74 Å². The Kier molecular flexibility index (Phi) is 5.97. The maximum absolute atomic E-state index is 13.3. The first-order valence-electron chi connectivity index (χ1n) is 10.4. The van der Waals surface area contributed by atoms with Crippen molar-refractivity contribution in [2.45, 2.75) is 25.7 Å². The molecule has 1 aliphatic heterocycles. The SMILES string of the molecule is CCOc1ccccc1S(=O)(=O)N1CCN(c2c(C)nn(-c3ccccn3)c2C)CC1. The van der Waals surface area contributed by atoms with Gasteiger partial charge in [-0.2, -0.15) is 9.40 Å². The number of benzene rings is 1. The highest BCUT2D eigenvalue weighted by atomic mass is 32.2. The van der Waals surface area contributed by atoms with Crippen molar-refractivity contribution in [2.75, 3.05) is 37.7 Å². The second kappa shape index (κ2) is 8.68. The van der Waals surface area contributed by atoms with Gasteiger partial charge in [-0.15, -0.1) is 0 Å². The topological polar surface area (TPSA) is 80.6 Å². The zero-order valence-electron chi connectivity index (χ0n) is 18.0. The van der Waals surface area contributed by atoms with Crippen molar-refractivity contribution in [3.8, 4) is 11.6 Å². The van der Waals surface area contributed by atoms with Gasteiger partial charge < -0.3 is 9.64 Å². The fraction of sp³-hybridized carbons (Fsp3) is 0.364. The molecule has 1 fully saturated rings. The maximum Gasteiger partial charge on any atom is 0.246 e. The number of ether oxygens (including phenoxy) is 1. The molecule has 1 saturated heterocycles. The molecular weight excluding hydrogens is 414 g/mol. The van der Waals surface area contributed by atoms with Crippen LogP contribution in [0, 0.1) is 13.8 Å². The van der Waals surface area contributed by atoms with Gasteiger partial charge in [0.05, 0.1) is 23.7 Å². The van der Waals surface area contributed by atoms with E-state index in [9.17, 15) is 8.42 Å². The van der Waals surface area contributed by atoms with E-state index >= 15 is 0 Å². The van der Waals surface area contributed by atoms with Crippen molar-refractivity contribution in [1.82, 2.24) is 19.1 Å². The van der Waals surface area contributed by atoms with E-state index in [0.29, 0.717) is 38.5 Å². The standard InChI is InChI=1S/C22H27N5O3S/c1-4-30-19-9-5-6-10-20(19)31(28,29)26-15-13-25(14-16-26)22-17(2)24-27(18(22)3)21-11-7-8-12-23-21/h5-12H,4,13-16H2,1-3H3. The minimum atomic E-state index is -3.63. The van der Waals surface area contributed by atoms with Crippen LogP contribution in [0.25, 0.3) is 5.82 Å². The fourth-order valence-electron chi connectivity index (χ4n) is 4.02. The van der Waals surface area contributed by atoms with Crippen molar-refractivity contribution in [3.05, 3.63) is 60.0 Å². The van der Waals surface area contributed by atoms with Crippen LogP contribution >= 0.6 is 0 Å². The number of piperazine rings is 1. The molecule has 1 aromatic carbocycles. The van der Waals surface area contributed by atoms with Crippen LogP contribution in [0.15, 0.2) is 53.6 Å². The number of hydrogen-bond donors (Lipinski definition) is 0. The summed E-state index contributed by atoms with van der Waals surface area (Å²) in [6.45, 7) is 8.23. The van der Waals surface area contributed by atoms with Gasteiger partial charge in [0.25, 0.3) is 0 Å². The van der Waals surface area contributed by atoms with Crippen molar-refractivity contribution >= 4 is 15.7 Å². The molecule has 164 valence electrons. The molecule has 8 nitrogen and oxygen atoms in total. The largest absolute Gasteiger partial charge is 0.492 e. The van der Waals surface area contributed by atoms with E-state index in [1.807, 2.05) is 43.7 Å². The maximum atomic E-state index is 13.3. The molecule has 0 spiro atoms. The summed E-state index contributed by atoms with van der Waals surface area (Å²) in [5.41, 5.74) is 2.94. The fourth-order valence-corrected chi connectivity index (χ4v) is 5.58. The second-order valence-corrected chi connectivity index (χ2v) is 9.30. The van der Waals surface area contributed by atoms with Gasteiger partial charge in [-0.3, -0.25) is 0 Å². The molecule has 0 aliphatic carbocycles. The summed E-state index contributed by atoms with van der Waals surface area (Å²) in [6.07, 6.45) is 1.75. The smallest absolute Gasteiger partial charge is 0.246 e. The Bertz CT molecular complexity index is 1150. The number of nitrogens with zero attached hydrogens (tertiary/aromatic N) is 5.